The van der Waals surface area contributed by atoms with E-state index in [0.29, 0.717) is 23.9 Å². The van der Waals surface area contributed by atoms with Crippen molar-refractivity contribution in [1.82, 2.24) is 0 Å². The van der Waals surface area contributed by atoms with E-state index in [2.05, 4.69) is 135 Å². The van der Waals surface area contributed by atoms with Crippen molar-refractivity contribution in [2.24, 2.45) is 0 Å². The zero-order valence-electron chi connectivity index (χ0n) is 53.4. The van der Waals surface area contributed by atoms with Crippen molar-refractivity contribution in [3.8, 4) is 0 Å². The fourth-order valence-electron chi connectivity index (χ4n) is 8.88. The number of aliphatic carboxylic acids is 1. The average Bonchev–Trinajstić information content (AvgIpc) is 3.45. The summed E-state index contributed by atoms with van der Waals surface area (Å²) in [4.78, 5) is 37.5. The van der Waals surface area contributed by atoms with Gasteiger partial charge in [0.1, 0.15) is 13.2 Å². The molecule has 9 heteroatoms. The van der Waals surface area contributed by atoms with Crippen molar-refractivity contribution in [1.29, 1.82) is 0 Å². The van der Waals surface area contributed by atoms with Gasteiger partial charge in [0.25, 0.3) is 6.29 Å². The van der Waals surface area contributed by atoms with E-state index in [9.17, 15) is 19.5 Å². The van der Waals surface area contributed by atoms with Crippen molar-refractivity contribution in [2.45, 2.75) is 277 Å². The molecule has 2 atom stereocenters. The Morgan fingerprint density at radius 3 is 1.05 bits per heavy atom. The third-order valence-electron chi connectivity index (χ3n) is 14.0. The van der Waals surface area contributed by atoms with Crippen LogP contribution in [0.3, 0.4) is 0 Å². The first-order valence-corrected chi connectivity index (χ1v) is 33.2. The number of carbonyl (C=O) groups excluding carboxylic acids is 2. The predicted molar refractivity (Wildman–Crippen MR) is 350 cm³/mol. The van der Waals surface area contributed by atoms with Gasteiger partial charge in [-0.3, -0.25) is 9.59 Å². The first-order valence-electron chi connectivity index (χ1n) is 33.2. The average molecular weight is 1140 g/mol. The molecule has 0 spiro atoms. The Bertz CT molecular complexity index is 1760. The van der Waals surface area contributed by atoms with Crippen LogP contribution >= 0.6 is 0 Å². The number of esters is 2. The van der Waals surface area contributed by atoms with Crippen LogP contribution in [0.15, 0.2) is 122 Å². The Kier molecular flexibility index (Phi) is 59.4. The molecular formula is C73H124NO8+. The van der Waals surface area contributed by atoms with Gasteiger partial charge in [-0.1, -0.05) is 264 Å². The van der Waals surface area contributed by atoms with E-state index < -0.39 is 24.3 Å². The zero-order chi connectivity index (χ0) is 59.8. The van der Waals surface area contributed by atoms with Crippen molar-refractivity contribution < 1.29 is 42.9 Å². The summed E-state index contributed by atoms with van der Waals surface area (Å²) in [7, 11) is 5.97. The van der Waals surface area contributed by atoms with Crippen LogP contribution in [0, 0.1) is 0 Å². The lowest BCUT2D eigenvalue weighted by Crippen LogP contribution is -2.40. The maximum absolute atomic E-state index is 12.9. The maximum atomic E-state index is 12.9. The van der Waals surface area contributed by atoms with Crippen molar-refractivity contribution >= 4 is 17.9 Å². The van der Waals surface area contributed by atoms with Crippen LogP contribution < -0.4 is 0 Å². The number of carbonyl (C=O) groups is 3. The van der Waals surface area contributed by atoms with Crippen LogP contribution in [0.25, 0.3) is 0 Å². The molecule has 0 rings (SSSR count). The number of likely N-dealkylation sites (N-methyl/N-ethyl adjacent to an activating group) is 1. The van der Waals surface area contributed by atoms with Crippen LogP contribution in [0.2, 0.25) is 0 Å². The highest BCUT2D eigenvalue weighted by molar-refractivity contribution is 5.71. The standard InChI is InChI=1S/C73H123NO8/c1-6-8-10-12-14-16-18-20-22-24-26-27-28-29-30-31-32-33-34-35-36-37-38-39-40-41-42-43-44-45-46-48-50-52-54-56-58-60-62-64-71(76)82-69(68-81-73(72(77)78)79-66-65-74(3,4)5)67-80-70(75)63-61-59-57-55-53-51-49-47-25-23-21-19-17-15-13-11-9-7-2/h8,10,14,16,20,22-23,25-27,29-30,32-33,35-36,38-39,41-42,69,73H,6-7,9,11-13,15,17-19,21,24,28,31,34,37,40,43-68H2,1-5H3/p+1/b10-8-,16-14-,22-20-,25-23-,27-26-,30-29-,33-32-,36-35-,39-38-,42-41-. The number of allylic oxidation sites excluding steroid dienone is 20. The number of hydrogen-bond donors (Lipinski definition) is 1. The lowest BCUT2D eigenvalue weighted by atomic mass is 10.0. The molecule has 2 unspecified atom stereocenters. The lowest BCUT2D eigenvalue weighted by Gasteiger charge is -2.25. The summed E-state index contributed by atoms with van der Waals surface area (Å²) in [6.07, 6.45) is 85.8. The number of carboxylic acids is 1. The second-order valence-corrected chi connectivity index (χ2v) is 23.0. The highest BCUT2D eigenvalue weighted by Crippen LogP contribution is 2.16. The smallest absolute Gasteiger partial charge is 0.361 e. The van der Waals surface area contributed by atoms with Gasteiger partial charge in [0.2, 0.25) is 0 Å². The molecule has 0 saturated heterocycles. The van der Waals surface area contributed by atoms with Gasteiger partial charge in [-0.25, -0.2) is 4.79 Å². The molecular weight excluding hydrogens is 1020 g/mol. The van der Waals surface area contributed by atoms with Crippen LogP contribution in [-0.4, -0.2) is 87.4 Å². The summed E-state index contributed by atoms with van der Waals surface area (Å²) in [6, 6.07) is 0. The van der Waals surface area contributed by atoms with Crippen molar-refractivity contribution in [2.75, 3.05) is 47.5 Å². The van der Waals surface area contributed by atoms with Gasteiger partial charge < -0.3 is 28.5 Å². The van der Waals surface area contributed by atoms with Gasteiger partial charge in [-0.15, -0.1) is 0 Å². The number of quaternary nitrogens is 1. The first-order chi connectivity index (χ1) is 40.1. The van der Waals surface area contributed by atoms with Crippen LogP contribution in [-0.2, 0) is 33.3 Å². The topological polar surface area (TPSA) is 108 Å². The van der Waals surface area contributed by atoms with Gasteiger partial charge in [-0.2, -0.15) is 0 Å². The van der Waals surface area contributed by atoms with Gasteiger partial charge in [0, 0.05) is 12.8 Å². The molecule has 0 aromatic rings. The van der Waals surface area contributed by atoms with Crippen LogP contribution in [0.1, 0.15) is 264 Å². The number of hydrogen-bond acceptors (Lipinski definition) is 7. The lowest BCUT2D eigenvalue weighted by molar-refractivity contribution is -0.870. The normalized spacial score (nSPS) is 13.5. The van der Waals surface area contributed by atoms with E-state index in [1.807, 2.05) is 21.1 Å². The Morgan fingerprint density at radius 1 is 0.378 bits per heavy atom. The van der Waals surface area contributed by atoms with Crippen LogP contribution in [0.4, 0.5) is 0 Å². The second-order valence-electron chi connectivity index (χ2n) is 23.0. The Morgan fingerprint density at radius 2 is 0.695 bits per heavy atom. The number of unbranched alkanes of at least 4 members (excludes halogenated alkanes) is 25. The number of rotatable bonds is 60. The molecule has 0 fully saturated rings. The number of nitrogens with zero attached hydrogens (tertiary/aromatic N) is 1. The highest BCUT2D eigenvalue weighted by atomic mass is 16.7. The Hall–Kier alpha value is -4.31. The third kappa shape index (κ3) is 63.3. The minimum absolute atomic E-state index is 0.182. The minimum Gasteiger partial charge on any atom is -0.477 e. The predicted octanol–water partition coefficient (Wildman–Crippen LogP) is 20.4. The molecule has 0 radical (unpaired) electrons. The second kappa shape index (κ2) is 62.7. The van der Waals surface area contributed by atoms with E-state index in [4.69, 9.17) is 18.9 Å². The molecule has 0 aliphatic rings. The number of carboxylic acid groups (broad SMARTS) is 1. The van der Waals surface area contributed by atoms with Crippen LogP contribution in [0.5, 0.6) is 0 Å². The molecule has 0 aromatic heterocycles. The monoisotopic (exact) mass is 1140 g/mol. The molecule has 0 aliphatic heterocycles. The largest absolute Gasteiger partial charge is 0.477 e. The van der Waals surface area contributed by atoms with Gasteiger partial charge in [0.15, 0.2) is 6.10 Å². The molecule has 0 bridgehead atoms. The molecule has 9 nitrogen and oxygen atoms in total. The third-order valence-corrected chi connectivity index (χ3v) is 14.0. The number of ether oxygens (including phenoxy) is 4. The van der Waals surface area contributed by atoms with Gasteiger partial charge in [-0.05, 0) is 109 Å². The fourth-order valence-corrected chi connectivity index (χ4v) is 8.88. The molecule has 0 heterocycles. The van der Waals surface area contributed by atoms with E-state index in [1.165, 1.54) is 122 Å². The van der Waals surface area contributed by atoms with E-state index in [-0.39, 0.29) is 32.2 Å². The quantitative estimate of drug-likeness (QED) is 0.0211. The van der Waals surface area contributed by atoms with Crippen molar-refractivity contribution in [3.63, 3.8) is 0 Å². The van der Waals surface area contributed by atoms with Gasteiger partial charge >= 0.3 is 17.9 Å². The summed E-state index contributed by atoms with van der Waals surface area (Å²) in [5, 5.41) is 9.72. The van der Waals surface area contributed by atoms with E-state index >= 15 is 0 Å². The van der Waals surface area contributed by atoms with Crippen molar-refractivity contribution in [3.05, 3.63) is 122 Å². The molecule has 468 valence electrons. The minimum atomic E-state index is -1.52. The maximum Gasteiger partial charge on any atom is 0.361 e. The Labute approximate surface area is 504 Å². The molecule has 82 heavy (non-hydrogen) atoms. The molecule has 1 N–H and O–H groups in total. The zero-order valence-corrected chi connectivity index (χ0v) is 53.4. The molecule has 0 saturated carbocycles. The summed E-state index contributed by atoms with van der Waals surface area (Å²) in [5.41, 5.74) is 0. The first kappa shape index (κ1) is 77.7. The fraction of sp³-hybridized carbons (Fsp3) is 0.685. The summed E-state index contributed by atoms with van der Waals surface area (Å²) < 4.78 is 22.9. The molecule has 0 amide bonds. The molecule has 0 aliphatic carbocycles. The highest BCUT2D eigenvalue weighted by Gasteiger charge is 2.25. The van der Waals surface area contributed by atoms with E-state index in [1.54, 1.807) is 0 Å². The summed E-state index contributed by atoms with van der Waals surface area (Å²) in [6.45, 7) is 4.76. The summed E-state index contributed by atoms with van der Waals surface area (Å²) in [5.74, 6) is -2.02. The summed E-state index contributed by atoms with van der Waals surface area (Å²) >= 11 is 0. The SMILES string of the molecule is CC/C=C\C/C=C\C/C=C\C/C=C\C/C=C\C/C=C\C/C=C\C/C=C\C/C=C\CCCCCCCCCCCCCC(=O)OC(COC(=O)CCCCCCCCC/C=C\CCCCCCCCC)COC(OCC[N+](C)(C)C)C(=O)O. The van der Waals surface area contributed by atoms with Gasteiger partial charge in [0.05, 0.1) is 34.4 Å². The Balaban J connectivity index is 4.14. The van der Waals surface area contributed by atoms with E-state index in [0.717, 1.165) is 109 Å². The molecule has 0 aromatic carbocycles.